The van der Waals surface area contributed by atoms with Gasteiger partial charge in [-0.2, -0.15) is 0 Å². The standard InChI is InChI=1S/C29H36O10/c1-14-17(31)12-29(36)24(38-25(35)16-9-7-6-8-10-16)22-27(5,23(34)21(33)20(14)26(29,3)4)18(32)11-19-28(22,13-37-19)39-15(2)30/h6-10,17-19,21-22,24,31-33,36H,11-13H2,1-5H3/t17-,18?,19+,21+,22?,24-,27+,28-,29+/m0/s1. The van der Waals surface area contributed by atoms with Gasteiger partial charge >= 0.3 is 11.9 Å². The third-order valence-electron chi connectivity index (χ3n) is 9.95. The summed E-state index contributed by atoms with van der Waals surface area (Å²) in [4.78, 5) is 40.3. The van der Waals surface area contributed by atoms with E-state index < -0.39 is 76.2 Å². The average Bonchev–Trinajstić information content (AvgIpc) is 2.87. The molecular formula is C29H36O10. The lowest BCUT2D eigenvalue weighted by Crippen LogP contribution is -2.81. The maximum atomic E-state index is 14.3. The zero-order valence-corrected chi connectivity index (χ0v) is 22.7. The molecular weight excluding hydrogens is 508 g/mol. The van der Waals surface area contributed by atoms with Gasteiger partial charge in [0.25, 0.3) is 0 Å². The Kier molecular flexibility index (Phi) is 6.40. The van der Waals surface area contributed by atoms with Gasteiger partial charge in [-0.1, -0.05) is 32.0 Å². The number of carbonyl (C=O) groups is 3. The fraction of sp³-hybridized carbons (Fsp3) is 0.621. The third-order valence-corrected chi connectivity index (χ3v) is 9.95. The van der Waals surface area contributed by atoms with E-state index in [4.69, 9.17) is 14.2 Å². The van der Waals surface area contributed by atoms with E-state index >= 15 is 0 Å². The number of aliphatic hydroxyl groups is 4. The zero-order chi connectivity index (χ0) is 28.7. The molecule has 4 aliphatic rings. The number of ketones is 1. The quantitative estimate of drug-likeness (QED) is 0.320. The molecule has 10 heteroatoms. The van der Waals surface area contributed by atoms with Gasteiger partial charge in [0.2, 0.25) is 0 Å². The van der Waals surface area contributed by atoms with Crippen LogP contribution in [0.4, 0.5) is 0 Å². The van der Waals surface area contributed by atoms with Crippen molar-refractivity contribution in [3.05, 3.63) is 47.0 Å². The predicted molar refractivity (Wildman–Crippen MR) is 135 cm³/mol. The Bertz CT molecular complexity index is 1240. The number of Topliss-reactive ketones (excluding diaryl/α,β-unsaturated/α-hetero) is 1. The Labute approximate surface area is 226 Å². The maximum absolute atomic E-state index is 14.3. The van der Waals surface area contributed by atoms with Gasteiger partial charge in [0.15, 0.2) is 11.4 Å². The van der Waals surface area contributed by atoms with Gasteiger partial charge in [0, 0.05) is 25.2 Å². The van der Waals surface area contributed by atoms with Crippen LogP contribution in [0.3, 0.4) is 0 Å². The van der Waals surface area contributed by atoms with Crippen LogP contribution in [-0.2, 0) is 23.8 Å². The van der Waals surface area contributed by atoms with Crippen molar-refractivity contribution in [2.24, 2.45) is 16.7 Å². The van der Waals surface area contributed by atoms with Gasteiger partial charge in [-0.05, 0) is 37.1 Å². The Hall–Kier alpha value is -2.63. The first kappa shape index (κ1) is 27.9. The topological polar surface area (TPSA) is 160 Å². The minimum atomic E-state index is -2.07. The number of benzene rings is 1. The summed E-state index contributed by atoms with van der Waals surface area (Å²) in [5, 5.41) is 46.7. The molecule has 9 atom stereocenters. The molecule has 1 aromatic carbocycles. The first-order valence-corrected chi connectivity index (χ1v) is 13.2. The number of fused-ring (bicyclic) bond motifs is 5. The molecule has 4 N–H and O–H groups in total. The molecule has 1 saturated heterocycles. The van der Waals surface area contributed by atoms with Crippen molar-refractivity contribution in [3.63, 3.8) is 0 Å². The molecule has 212 valence electrons. The van der Waals surface area contributed by atoms with Crippen molar-refractivity contribution in [3.8, 4) is 0 Å². The zero-order valence-electron chi connectivity index (χ0n) is 22.7. The number of esters is 2. The predicted octanol–water partition coefficient (Wildman–Crippen LogP) is 1.08. The number of ether oxygens (including phenoxy) is 3. The molecule has 0 amide bonds. The lowest BCUT2D eigenvalue weighted by Gasteiger charge is -2.67. The van der Waals surface area contributed by atoms with E-state index in [1.54, 1.807) is 39.0 Å². The maximum Gasteiger partial charge on any atom is 0.338 e. The molecule has 5 rings (SSSR count). The summed E-state index contributed by atoms with van der Waals surface area (Å²) in [6, 6.07) is 8.08. The first-order valence-electron chi connectivity index (χ1n) is 13.2. The Morgan fingerprint density at radius 2 is 1.72 bits per heavy atom. The lowest BCUT2D eigenvalue weighted by atomic mass is 9.44. The van der Waals surface area contributed by atoms with Crippen molar-refractivity contribution in [2.75, 3.05) is 6.61 Å². The van der Waals surface area contributed by atoms with Crippen LogP contribution in [0.5, 0.6) is 0 Å². The smallest absolute Gasteiger partial charge is 0.338 e. The summed E-state index contributed by atoms with van der Waals surface area (Å²) in [6.45, 7) is 7.29. The minimum Gasteiger partial charge on any atom is -0.455 e. The van der Waals surface area contributed by atoms with Crippen LogP contribution in [0.1, 0.15) is 57.8 Å². The Morgan fingerprint density at radius 3 is 2.28 bits per heavy atom. The molecule has 2 unspecified atom stereocenters. The summed E-state index contributed by atoms with van der Waals surface area (Å²) >= 11 is 0. The molecule has 2 saturated carbocycles. The molecule has 2 bridgehead atoms. The first-order chi connectivity index (χ1) is 18.1. The second-order valence-corrected chi connectivity index (χ2v) is 12.2. The SMILES string of the molecule is CC(=O)O[C@@]12CO[C@@H]1CC(O)[C@@]1(C)C(=O)[C@H](O)C3=C(C)[C@@H](O)C[C@@](O)([C@@H](OC(=O)c4ccccc4)C12)C3(C)C. The monoisotopic (exact) mass is 544 g/mol. The van der Waals surface area contributed by atoms with E-state index in [0.717, 1.165) is 0 Å². The summed E-state index contributed by atoms with van der Waals surface area (Å²) in [5.41, 5.74) is -6.24. The molecule has 0 aromatic heterocycles. The van der Waals surface area contributed by atoms with Crippen molar-refractivity contribution in [1.82, 2.24) is 0 Å². The molecule has 1 heterocycles. The largest absolute Gasteiger partial charge is 0.455 e. The van der Waals surface area contributed by atoms with Crippen LogP contribution in [0, 0.1) is 16.7 Å². The van der Waals surface area contributed by atoms with Crippen molar-refractivity contribution < 1.29 is 49.0 Å². The molecule has 0 radical (unpaired) electrons. The van der Waals surface area contributed by atoms with E-state index in [2.05, 4.69) is 0 Å². The number of hydrogen-bond acceptors (Lipinski definition) is 10. The summed E-state index contributed by atoms with van der Waals surface area (Å²) in [7, 11) is 0. The van der Waals surface area contributed by atoms with E-state index in [0.29, 0.717) is 5.57 Å². The number of hydrogen-bond donors (Lipinski definition) is 4. The fourth-order valence-electron chi connectivity index (χ4n) is 7.66. The van der Waals surface area contributed by atoms with Gasteiger partial charge in [0.05, 0.1) is 35.7 Å². The minimum absolute atomic E-state index is 0.0828. The second-order valence-electron chi connectivity index (χ2n) is 12.2. The molecule has 3 aliphatic carbocycles. The van der Waals surface area contributed by atoms with E-state index in [1.807, 2.05) is 0 Å². The molecule has 0 spiro atoms. The summed E-state index contributed by atoms with van der Waals surface area (Å²) in [5.74, 6) is -3.60. The van der Waals surface area contributed by atoms with Gasteiger partial charge < -0.3 is 34.6 Å². The van der Waals surface area contributed by atoms with Crippen molar-refractivity contribution in [2.45, 2.75) is 89.2 Å². The van der Waals surface area contributed by atoms with Crippen molar-refractivity contribution in [1.29, 1.82) is 0 Å². The van der Waals surface area contributed by atoms with Gasteiger partial charge in [0.1, 0.15) is 23.9 Å². The highest BCUT2D eigenvalue weighted by atomic mass is 16.6. The van der Waals surface area contributed by atoms with Crippen LogP contribution in [-0.4, -0.2) is 86.5 Å². The normalized spacial score (nSPS) is 42.7. The van der Waals surface area contributed by atoms with E-state index in [1.165, 1.54) is 26.0 Å². The van der Waals surface area contributed by atoms with Crippen molar-refractivity contribution >= 4 is 17.7 Å². The average molecular weight is 545 g/mol. The van der Waals surface area contributed by atoms with Gasteiger partial charge in [-0.25, -0.2) is 4.79 Å². The molecule has 1 aliphatic heterocycles. The number of carbonyl (C=O) groups excluding carboxylic acids is 3. The van der Waals surface area contributed by atoms with Crippen LogP contribution in [0.15, 0.2) is 41.5 Å². The van der Waals surface area contributed by atoms with E-state index in [-0.39, 0.29) is 30.6 Å². The van der Waals surface area contributed by atoms with Gasteiger partial charge in [-0.15, -0.1) is 0 Å². The summed E-state index contributed by atoms with van der Waals surface area (Å²) < 4.78 is 17.7. The Morgan fingerprint density at radius 1 is 1.08 bits per heavy atom. The third kappa shape index (κ3) is 3.62. The lowest BCUT2D eigenvalue weighted by molar-refractivity contribution is -0.345. The molecule has 39 heavy (non-hydrogen) atoms. The van der Waals surface area contributed by atoms with Crippen LogP contribution in [0.2, 0.25) is 0 Å². The fourth-order valence-corrected chi connectivity index (χ4v) is 7.66. The molecule has 3 fully saturated rings. The van der Waals surface area contributed by atoms with Gasteiger partial charge in [-0.3, -0.25) is 9.59 Å². The van der Waals surface area contributed by atoms with E-state index in [9.17, 15) is 34.8 Å². The number of aliphatic hydroxyl groups excluding tert-OH is 3. The van der Waals surface area contributed by atoms with Crippen LogP contribution < -0.4 is 0 Å². The summed E-state index contributed by atoms with van der Waals surface area (Å²) in [6.07, 6.45) is -7.26. The highest BCUT2D eigenvalue weighted by Gasteiger charge is 2.77. The molecule has 10 nitrogen and oxygen atoms in total. The number of rotatable bonds is 3. The Balaban J connectivity index is 1.81. The molecule has 1 aromatic rings. The second kappa shape index (κ2) is 8.94. The highest BCUT2D eigenvalue weighted by Crippen LogP contribution is 2.63. The van der Waals surface area contributed by atoms with Crippen LogP contribution >= 0.6 is 0 Å². The van der Waals surface area contributed by atoms with Crippen LogP contribution in [0.25, 0.3) is 0 Å². The highest BCUT2D eigenvalue weighted by molar-refractivity contribution is 5.94.